The molecule has 4 rings (SSSR count). The second kappa shape index (κ2) is 8.40. The second-order valence-electron chi connectivity index (χ2n) is 6.47. The van der Waals surface area contributed by atoms with Crippen molar-refractivity contribution in [2.24, 2.45) is 0 Å². The van der Waals surface area contributed by atoms with Crippen LogP contribution in [0.5, 0.6) is 0 Å². The van der Waals surface area contributed by atoms with Gasteiger partial charge in [0.25, 0.3) is 0 Å². The fourth-order valence-electron chi connectivity index (χ4n) is 3.27. The molecule has 0 aliphatic carbocycles. The molecule has 3 aromatic rings. The lowest BCUT2D eigenvalue weighted by molar-refractivity contribution is -0.133. The largest absolute Gasteiger partial charge is 0.339 e. The van der Waals surface area contributed by atoms with E-state index in [1.807, 2.05) is 29.0 Å². The second-order valence-corrected chi connectivity index (χ2v) is 10.1. The SMILES string of the molecule is O=C1CC(c2ccsc2)(c2cccc(Br)n2)NC(=O)C1Sc1ccc(Cl)cc1Cl. The van der Waals surface area contributed by atoms with E-state index >= 15 is 0 Å². The highest BCUT2D eigenvalue weighted by atomic mass is 79.9. The lowest BCUT2D eigenvalue weighted by Crippen LogP contribution is -2.58. The van der Waals surface area contributed by atoms with Gasteiger partial charge in [-0.05, 0) is 68.7 Å². The first-order chi connectivity index (χ1) is 13.9. The molecule has 148 valence electrons. The maximum Gasteiger partial charge on any atom is 0.242 e. The molecule has 1 saturated heterocycles. The van der Waals surface area contributed by atoms with Gasteiger partial charge >= 0.3 is 0 Å². The van der Waals surface area contributed by atoms with Crippen molar-refractivity contribution in [3.63, 3.8) is 0 Å². The fourth-order valence-corrected chi connectivity index (χ4v) is 5.84. The molecular weight excluding hydrogens is 515 g/mol. The number of amides is 1. The Labute approximate surface area is 194 Å². The van der Waals surface area contributed by atoms with Crippen LogP contribution in [0.25, 0.3) is 0 Å². The van der Waals surface area contributed by atoms with Gasteiger partial charge in [-0.1, -0.05) is 29.3 Å². The Morgan fingerprint density at radius 1 is 1.21 bits per heavy atom. The minimum Gasteiger partial charge on any atom is -0.339 e. The van der Waals surface area contributed by atoms with E-state index in [2.05, 4.69) is 26.2 Å². The van der Waals surface area contributed by atoms with Crippen molar-refractivity contribution < 1.29 is 9.59 Å². The highest BCUT2D eigenvalue weighted by Crippen LogP contribution is 2.41. The number of hydrogen-bond donors (Lipinski definition) is 1. The molecule has 1 N–H and O–H groups in total. The van der Waals surface area contributed by atoms with E-state index in [9.17, 15) is 9.59 Å². The van der Waals surface area contributed by atoms with Crippen LogP contribution >= 0.6 is 62.2 Å². The maximum atomic E-state index is 13.2. The van der Waals surface area contributed by atoms with E-state index in [4.69, 9.17) is 23.2 Å². The normalized spacial score (nSPS) is 21.8. The zero-order valence-electron chi connectivity index (χ0n) is 14.7. The van der Waals surface area contributed by atoms with E-state index in [0.717, 1.165) is 17.3 Å². The first kappa shape index (κ1) is 20.9. The Morgan fingerprint density at radius 2 is 2.03 bits per heavy atom. The minimum atomic E-state index is -1.00. The van der Waals surface area contributed by atoms with E-state index in [1.54, 1.807) is 24.3 Å². The molecule has 1 fully saturated rings. The van der Waals surface area contributed by atoms with Gasteiger partial charge in [-0.3, -0.25) is 9.59 Å². The van der Waals surface area contributed by atoms with Crippen LogP contribution in [0.3, 0.4) is 0 Å². The summed E-state index contributed by atoms with van der Waals surface area (Å²) < 4.78 is 0.635. The molecule has 1 aliphatic rings. The Bertz CT molecular complexity index is 1070. The van der Waals surface area contributed by atoms with Gasteiger partial charge < -0.3 is 5.32 Å². The van der Waals surface area contributed by atoms with Gasteiger partial charge in [0.2, 0.25) is 5.91 Å². The van der Waals surface area contributed by atoms with Crippen LogP contribution in [0.15, 0.2) is 62.7 Å². The van der Waals surface area contributed by atoms with Crippen molar-refractivity contribution in [1.29, 1.82) is 0 Å². The molecule has 0 bridgehead atoms. The molecule has 0 spiro atoms. The minimum absolute atomic E-state index is 0.0990. The maximum absolute atomic E-state index is 13.2. The molecule has 2 unspecified atom stereocenters. The predicted molar refractivity (Wildman–Crippen MR) is 121 cm³/mol. The van der Waals surface area contributed by atoms with Crippen LogP contribution in [0.2, 0.25) is 10.0 Å². The predicted octanol–water partition coefficient (Wildman–Crippen LogP) is 5.71. The van der Waals surface area contributed by atoms with Gasteiger partial charge in [-0.2, -0.15) is 11.3 Å². The lowest BCUT2D eigenvalue weighted by atomic mass is 9.79. The molecule has 4 nitrogen and oxygen atoms in total. The summed E-state index contributed by atoms with van der Waals surface area (Å²) in [6.45, 7) is 0. The Morgan fingerprint density at radius 3 is 2.69 bits per heavy atom. The Kier molecular flexibility index (Phi) is 6.04. The number of nitrogens with zero attached hydrogens (tertiary/aromatic N) is 1. The van der Waals surface area contributed by atoms with Crippen LogP contribution in [-0.4, -0.2) is 21.9 Å². The number of carbonyl (C=O) groups excluding carboxylic acids is 2. The van der Waals surface area contributed by atoms with Crippen LogP contribution in [0.1, 0.15) is 17.7 Å². The van der Waals surface area contributed by atoms with Gasteiger partial charge in [0.1, 0.15) is 15.4 Å². The average Bonchev–Trinajstić information content (AvgIpc) is 3.21. The smallest absolute Gasteiger partial charge is 0.242 e. The van der Waals surface area contributed by atoms with Gasteiger partial charge in [0.15, 0.2) is 5.78 Å². The van der Waals surface area contributed by atoms with Crippen molar-refractivity contribution in [3.05, 3.63) is 79.1 Å². The van der Waals surface area contributed by atoms with Crippen molar-refractivity contribution >= 4 is 73.9 Å². The van der Waals surface area contributed by atoms with E-state index in [-0.39, 0.29) is 18.1 Å². The molecule has 9 heteroatoms. The number of piperidine rings is 1. The summed E-state index contributed by atoms with van der Waals surface area (Å²) >= 11 is 18.2. The highest BCUT2D eigenvalue weighted by Gasteiger charge is 2.48. The number of thioether (sulfide) groups is 1. The quantitative estimate of drug-likeness (QED) is 0.349. The molecule has 1 amide bonds. The summed E-state index contributed by atoms with van der Waals surface area (Å²) in [6.07, 6.45) is 0.0990. The molecule has 0 radical (unpaired) electrons. The van der Waals surface area contributed by atoms with E-state index in [0.29, 0.717) is 25.2 Å². The number of thiophene rings is 1. The van der Waals surface area contributed by atoms with Crippen LogP contribution in [0.4, 0.5) is 0 Å². The molecule has 1 aliphatic heterocycles. The van der Waals surface area contributed by atoms with Crippen molar-refractivity contribution in [2.45, 2.75) is 22.1 Å². The number of hydrogen-bond acceptors (Lipinski definition) is 5. The third-order valence-electron chi connectivity index (χ3n) is 4.61. The number of pyridine rings is 1. The molecule has 2 aromatic heterocycles. The first-order valence-corrected chi connectivity index (χ1v) is 11.9. The summed E-state index contributed by atoms with van der Waals surface area (Å²) in [4.78, 5) is 31.4. The number of rotatable bonds is 4. The lowest BCUT2D eigenvalue weighted by Gasteiger charge is -2.39. The van der Waals surface area contributed by atoms with Crippen LogP contribution < -0.4 is 5.32 Å². The average molecular weight is 528 g/mol. The Hall–Kier alpha value is -1.38. The van der Waals surface area contributed by atoms with Crippen molar-refractivity contribution in [2.75, 3.05) is 0 Å². The molecule has 0 saturated carbocycles. The number of ketones is 1. The fraction of sp³-hybridized carbons (Fsp3) is 0.150. The van der Waals surface area contributed by atoms with Gasteiger partial charge in [0, 0.05) is 16.3 Å². The summed E-state index contributed by atoms with van der Waals surface area (Å²) in [5.41, 5.74) is 0.446. The van der Waals surface area contributed by atoms with Crippen LogP contribution in [-0.2, 0) is 15.1 Å². The Balaban J connectivity index is 1.70. The number of Topliss-reactive ketones (excluding diaryl/α,β-unsaturated/α-hetero) is 1. The molecule has 2 atom stereocenters. The third kappa shape index (κ3) is 4.11. The monoisotopic (exact) mass is 526 g/mol. The van der Waals surface area contributed by atoms with Crippen molar-refractivity contribution in [1.82, 2.24) is 10.3 Å². The molecular formula is C20H13BrCl2N2O2S2. The third-order valence-corrected chi connectivity index (χ3v) is 7.72. The van der Waals surface area contributed by atoms with E-state index < -0.39 is 10.8 Å². The summed E-state index contributed by atoms with van der Waals surface area (Å²) in [6, 6.07) is 12.4. The van der Waals surface area contributed by atoms with Crippen LogP contribution in [0, 0.1) is 0 Å². The van der Waals surface area contributed by atoms with Gasteiger partial charge in [0.05, 0.1) is 10.7 Å². The van der Waals surface area contributed by atoms with Crippen molar-refractivity contribution in [3.8, 4) is 0 Å². The number of halogens is 3. The highest BCUT2D eigenvalue weighted by molar-refractivity contribution is 9.10. The molecule has 1 aromatic carbocycles. The topological polar surface area (TPSA) is 59.1 Å². The summed E-state index contributed by atoms with van der Waals surface area (Å²) in [5, 5.41) is 6.94. The van der Waals surface area contributed by atoms with Gasteiger partial charge in [-0.15, -0.1) is 11.8 Å². The number of nitrogens with one attached hydrogen (secondary N) is 1. The number of carbonyl (C=O) groups is 2. The summed E-state index contributed by atoms with van der Waals surface area (Å²) in [5.74, 6) is -0.553. The molecule has 3 heterocycles. The standard InChI is InChI=1S/C20H13BrCl2N2O2S2/c21-17-3-1-2-16(24-17)20(11-6-7-28-10-11)9-14(26)18(19(27)25-20)29-15-5-4-12(22)8-13(15)23/h1-8,10,18H,9H2,(H,25,27). The number of benzene rings is 1. The molecule has 29 heavy (non-hydrogen) atoms. The summed E-state index contributed by atoms with van der Waals surface area (Å²) in [7, 11) is 0. The zero-order valence-corrected chi connectivity index (χ0v) is 19.4. The first-order valence-electron chi connectivity index (χ1n) is 8.51. The van der Waals surface area contributed by atoms with E-state index in [1.165, 1.54) is 11.3 Å². The zero-order chi connectivity index (χ0) is 20.6. The number of aromatic nitrogens is 1. The van der Waals surface area contributed by atoms with Gasteiger partial charge in [-0.25, -0.2) is 4.98 Å².